The van der Waals surface area contributed by atoms with Crippen LogP contribution < -0.4 is 0 Å². The van der Waals surface area contributed by atoms with Crippen molar-refractivity contribution in [2.45, 2.75) is 31.7 Å². The number of carbonyl (C=O) groups is 1. The van der Waals surface area contributed by atoms with E-state index in [9.17, 15) is 4.79 Å². The summed E-state index contributed by atoms with van der Waals surface area (Å²) in [6, 6.07) is 0.285. The number of azide groups is 1. The van der Waals surface area contributed by atoms with E-state index in [1.165, 1.54) is 12.8 Å². The molecule has 0 aromatic rings. The maximum absolute atomic E-state index is 12.0. The summed E-state index contributed by atoms with van der Waals surface area (Å²) in [4.78, 5) is 16.5. The molecule has 2 atom stereocenters. The van der Waals surface area contributed by atoms with Crippen molar-refractivity contribution in [2.24, 2.45) is 11.0 Å². The van der Waals surface area contributed by atoms with Crippen molar-refractivity contribution >= 4 is 5.91 Å². The molecular weight excluding hydrogens is 220 g/mol. The lowest BCUT2D eigenvalue weighted by molar-refractivity contribution is -0.133. The highest BCUT2D eigenvalue weighted by Gasteiger charge is 2.34. The van der Waals surface area contributed by atoms with Gasteiger partial charge in [0.15, 0.2) is 0 Å². The van der Waals surface area contributed by atoms with Crippen LogP contribution in [0.1, 0.15) is 25.7 Å². The molecule has 2 aliphatic rings. The van der Waals surface area contributed by atoms with Gasteiger partial charge in [-0.15, -0.1) is 0 Å². The summed E-state index contributed by atoms with van der Waals surface area (Å²) in [7, 11) is 0. The van der Waals surface area contributed by atoms with Crippen LogP contribution >= 0.6 is 0 Å². The normalized spacial score (nSPS) is 28.8. The molecule has 0 radical (unpaired) electrons. The van der Waals surface area contributed by atoms with E-state index in [0.29, 0.717) is 19.1 Å². The Labute approximate surface area is 101 Å². The van der Waals surface area contributed by atoms with Gasteiger partial charge in [-0.05, 0) is 18.4 Å². The highest BCUT2D eigenvalue weighted by atomic mass is 16.5. The molecule has 6 heteroatoms. The van der Waals surface area contributed by atoms with Crippen molar-refractivity contribution < 1.29 is 9.53 Å². The molecule has 94 valence electrons. The molecule has 0 unspecified atom stereocenters. The lowest BCUT2D eigenvalue weighted by Crippen LogP contribution is -2.47. The highest BCUT2D eigenvalue weighted by molar-refractivity contribution is 5.78. The van der Waals surface area contributed by atoms with Crippen LogP contribution in [0, 0.1) is 5.92 Å². The summed E-state index contributed by atoms with van der Waals surface area (Å²) >= 11 is 0. The lowest BCUT2D eigenvalue weighted by Gasteiger charge is -2.37. The predicted octanol–water partition coefficient (Wildman–Crippen LogP) is 1.71. The molecule has 1 heterocycles. The Morgan fingerprint density at radius 2 is 2.29 bits per heavy atom. The predicted molar refractivity (Wildman–Crippen MR) is 62.3 cm³/mol. The van der Waals surface area contributed by atoms with Gasteiger partial charge < -0.3 is 9.64 Å². The van der Waals surface area contributed by atoms with Crippen molar-refractivity contribution in [1.82, 2.24) is 4.90 Å². The number of hydrogen-bond donors (Lipinski definition) is 0. The number of ether oxygens (including phenoxy) is 1. The molecule has 0 bridgehead atoms. The summed E-state index contributed by atoms with van der Waals surface area (Å²) in [6.45, 7) is 1.91. The lowest BCUT2D eigenvalue weighted by atomic mass is 9.84. The molecule has 1 saturated heterocycles. The Kier molecular flexibility index (Phi) is 4.23. The van der Waals surface area contributed by atoms with Crippen molar-refractivity contribution in [1.29, 1.82) is 0 Å². The Hall–Kier alpha value is -1.26. The Bertz CT molecular complexity index is 327. The van der Waals surface area contributed by atoms with E-state index < -0.39 is 0 Å². The summed E-state index contributed by atoms with van der Waals surface area (Å²) in [5, 5.41) is 3.36. The first-order chi connectivity index (χ1) is 8.33. The fourth-order valence-electron chi connectivity index (χ4n) is 2.85. The fourth-order valence-corrected chi connectivity index (χ4v) is 2.85. The molecule has 17 heavy (non-hydrogen) atoms. The molecule has 0 aromatic carbocycles. The Balaban J connectivity index is 2.06. The van der Waals surface area contributed by atoms with Gasteiger partial charge in [0, 0.05) is 23.4 Å². The first kappa shape index (κ1) is 12.2. The van der Waals surface area contributed by atoms with Crippen molar-refractivity contribution in [2.75, 3.05) is 26.3 Å². The van der Waals surface area contributed by atoms with Crippen LogP contribution in [0.5, 0.6) is 0 Å². The number of hydrogen-bond acceptors (Lipinski definition) is 3. The monoisotopic (exact) mass is 238 g/mol. The van der Waals surface area contributed by atoms with E-state index in [0.717, 1.165) is 19.4 Å². The second-order valence-electron chi connectivity index (χ2n) is 4.66. The van der Waals surface area contributed by atoms with Gasteiger partial charge in [0.2, 0.25) is 5.91 Å². The number of nitrogens with zero attached hydrogens (tertiary/aromatic N) is 4. The minimum atomic E-state index is -0.0697. The van der Waals surface area contributed by atoms with Gasteiger partial charge in [-0.2, -0.15) is 0 Å². The van der Waals surface area contributed by atoms with Crippen LogP contribution in [-0.4, -0.2) is 43.2 Å². The second-order valence-corrected chi connectivity index (χ2v) is 4.66. The van der Waals surface area contributed by atoms with E-state index in [-0.39, 0.29) is 18.5 Å². The van der Waals surface area contributed by atoms with E-state index in [2.05, 4.69) is 10.0 Å². The number of amides is 1. The van der Waals surface area contributed by atoms with E-state index >= 15 is 0 Å². The van der Waals surface area contributed by atoms with Gasteiger partial charge in [-0.1, -0.05) is 18.0 Å². The molecule has 2 rings (SSSR count). The maximum atomic E-state index is 12.0. The zero-order valence-electron chi connectivity index (χ0n) is 9.92. The molecule has 0 spiro atoms. The largest absolute Gasteiger partial charge is 0.379 e. The molecule has 0 N–H and O–H groups in total. The van der Waals surface area contributed by atoms with Crippen LogP contribution in [0.4, 0.5) is 0 Å². The van der Waals surface area contributed by atoms with Crippen LogP contribution in [0.15, 0.2) is 5.11 Å². The van der Waals surface area contributed by atoms with Gasteiger partial charge in [0.25, 0.3) is 0 Å². The third-order valence-electron chi connectivity index (χ3n) is 3.67. The first-order valence-electron chi connectivity index (χ1n) is 6.21. The van der Waals surface area contributed by atoms with E-state index in [1.54, 1.807) is 0 Å². The minimum absolute atomic E-state index is 0.0646. The topological polar surface area (TPSA) is 78.3 Å². The van der Waals surface area contributed by atoms with Crippen LogP contribution in [0.25, 0.3) is 10.4 Å². The van der Waals surface area contributed by atoms with Crippen molar-refractivity contribution in [3.05, 3.63) is 10.4 Å². The van der Waals surface area contributed by atoms with Gasteiger partial charge in [0.05, 0.1) is 13.2 Å². The zero-order valence-corrected chi connectivity index (χ0v) is 9.92. The highest BCUT2D eigenvalue weighted by Crippen LogP contribution is 2.30. The summed E-state index contributed by atoms with van der Waals surface area (Å²) in [6.07, 6.45) is 4.58. The number of rotatable bonds is 2. The average Bonchev–Trinajstić information content (AvgIpc) is 2.58. The SMILES string of the molecule is [N-]=[N+]=NCC(=O)N1CCOC[C@@H]2CCCC[C@@H]21. The third kappa shape index (κ3) is 2.90. The molecule has 1 amide bonds. The van der Waals surface area contributed by atoms with Gasteiger partial charge in [-0.3, -0.25) is 4.79 Å². The molecule has 0 aromatic heterocycles. The molecule has 1 aliphatic heterocycles. The van der Waals surface area contributed by atoms with E-state index in [4.69, 9.17) is 10.3 Å². The molecule has 2 fully saturated rings. The van der Waals surface area contributed by atoms with Crippen LogP contribution in [0.3, 0.4) is 0 Å². The molecule has 1 aliphatic carbocycles. The van der Waals surface area contributed by atoms with Crippen LogP contribution in [-0.2, 0) is 9.53 Å². The second kappa shape index (κ2) is 5.89. The molecule has 1 saturated carbocycles. The first-order valence-corrected chi connectivity index (χ1v) is 6.21. The van der Waals surface area contributed by atoms with Crippen molar-refractivity contribution in [3.8, 4) is 0 Å². The number of carbonyl (C=O) groups excluding carboxylic acids is 1. The van der Waals surface area contributed by atoms with Crippen molar-refractivity contribution in [3.63, 3.8) is 0 Å². The standard InChI is InChI=1S/C11H18N4O2/c12-14-13-7-11(16)15-5-6-17-8-9-3-1-2-4-10(9)15/h9-10H,1-8H2/t9-,10-/m0/s1. The minimum Gasteiger partial charge on any atom is -0.379 e. The quantitative estimate of drug-likeness (QED) is 0.417. The Morgan fingerprint density at radius 3 is 3.12 bits per heavy atom. The van der Waals surface area contributed by atoms with E-state index in [1.807, 2.05) is 4.90 Å². The zero-order chi connectivity index (χ0) is 12.1. The maximum Gasteiger partial charge on any atom is 0.228 e. The summed E-state index contributed by atoms with van der Waals surface area (Å²) < 4.78 is 5.55. The van der Waals surface area contributed by atoms with Crippen LogP contribution in [0.2, 0.25) is 0 Å². The molecular formula is C11H18N4O2. The fraction of sp³-hybridized carbons (Fsp3) is 0.909. The average molecular weight is 238 g/mol. The van der Waals surface area contributed by atoms with Gasteiger partial charge >= 0.3 is 0 Å². The smallest absolute Gasteiger partial charge is 0.228 e. The van der Waals surface area contributed by atoms with Gasteiger partial charge in [0.1, 0.15) is 6.54 Å². The molecule has 6 nitrogen and oxygen atoms in total. The number of fused-ring (bicyclic) bond motifs is 1. The third-order valence-corrected chi connectivity index (χ3v) is 3.67. The summed E-state index contributed by atoms with van der Waals surface area (Å²) in [5.41, 5.74) is 8.26. The summed E-state index contributed by atoms with van der Waals surface area (Å²) in [5.74, 6) is 0.395. The van der Waals surface area contributed by atoms with Gasteiger partial charge in [-0.25, -0.2) is 0 Å². The Morgan fingerprint density at radius 1 is 1.47 bits per heavy atom.